The number of nitro benzene ring substituents is 1. The number of nitro groups is 1. The normalized spacial score (nSPS) is 10.6. The van der Waals surface area contributed by atoms with E-state index in [0.29, 0.717) is 12.2 Å². The molecule has 0 amide bonds. The molecule has 1 aromatic heterocycles. The lowest BCUT2D eigenvalue weighted by molar-refractivity contribution is -0.384. The zero-order valence-electron chi connectivity index (χ0n) is 10.3. The molecule has 0 saturated carbocycles. The van der Waals surface area contributed by atoms with Crippen LogP contribution in [0.2, 0.25) is 0 Å². The molecule has 0 aliphatic rings. The predicted octanol–water partition coefficient (Wildman–Crippen LogP) is 1.81. The molecule has 18 heavy (non-hydrogen) atoms. The first kappa shape index (κ1) is 12.3. The molecule has 1 N–H and O–H groups in total. The Bertz CT molecular complexity index is 577. The highest BCUT2D eigenvalue weighted by Crippen LogP contribution is 2.23. The summed E-state index contributed by atoms with van der Waals surface area (Å²) in [5, 5.41) is 18.3. The molecule has 2 aromatic rings. The Morgan fingerprint density at radius 2 is 2.17 bits per heavy atom. The van der Waals surface area contributed by atoms with Gasteiger partial charge in [-0.1, -0.05) is 12.1 Å². The largest absolute Gasteiger partial charge is 0.316 e. The van der Waals surface area contributed by atoms with Crippen LogP contribution >= 0.6 is 0 Å². The van der Waals surface area contributed by atoms with E-state index < -0.39 is 4.92 Å². The van der Waals surface area contributed by atoms with E-state index in [1.165, 1.54) is 6.07 Å². The summed E-state index contributed by atoms with van der Waals surface area (Å²) in [6, 6.07) is 6.59. The van der Waals surface area contributed by atoms with Crippen molar-refractivity contribution >= 4 is 5.69 Å². The third kappa shape index (κ3) is 2.10. The summed E-state index contributed by atoms with van der Waals surface area (Å²) in [5.74, 6) is 0. The maximum absolute atomic E-state index is 11.0. The van der Waals surface area contributed by atoms with Crippen LogP contribution in [0.15, 0.2) is 30.5 Å². The molecule has 1 aromatic carbocycles. The highest BCUT2D eigenvalue weighted by Gasteiger charge is 2.17. The topological polar surface area (TPSA) is 73.0 Å². The van der Waals surface area contributed by atoms with Gasteiger partial charge in [-0.2, -0.15) is 5.10 Å². The maximum atomic E-state index is 11.0. The van der Waals surface area contributed by atoms with Crippen molar-refractivity contribution in [2.45, 2.75) is 13.5 Å². The molecular weight excluding hydrogens is 232 g/mol. The van der Waals surface area contributed by atoms with Gasteiger partial charge in [-0.15, -0.1) is 0 Å². The van der Waals surface area contributed by atoms with Crippen LogP contribution < -0.4 is 5.32 Å². The van der Waals surface area contributed by atoms with E-state index >= 15 is 0 Å². The van der Waals surface area contributed by atoms with Gasteiger partial charge in [0.05, 0.1) is 11.1 Å². The Morgan fingerprint density at radius 3 is 2.83 bits per heavy atom. The van der Waals surface area contributed by atoms with Gasteiger partial charge in [0.2, 0.25) is 0 Å². The van der Waals surface area contributed by atoms with Gasteiger partial charge in [-0.05, 0) is 20.0 Å². The van der Waals surface area contributed by atoms with Crippen molar-refractivity contribution in [2.75, 3.05) is 7.05 Å². The van der Waals surface area contributed by atoms with Crippen LogP contribution in [0.3, 0.4) is 0 Å². The second-order valence-corrected chi connectivity index (χ2v) is 3.94. The van der Waals surface area contributed by atoms with Crippen molar-refractivity contribution < 1.29 is 4.92 Å². The number of benzene rings is 1. The van der Waals surface area contributed by atoms with Crippen LogP contribution in [0.4, 0.5) is 5.69 Å². The van der Waals surface area contributed by atoms with Crippen LogP contribution in [0, 0.1) is 17.0 Å². The summed E-state index contributed by atoms with van der Waals surface area (Å²) in [5.41, 5.74) is 2.47. The van der Waals surface area contributed by atoms with Gasteiger partial charge < -0.3 is 5.32 Å². The molecule has 6 heteroatoms. The molecule has 0 radical (unpaired) electrons. The molecule has 0 atom stereocenters. The van der Waals surface area contributed by atoms with E-state index in [1.807, 2.05) is 14.0 Å². The van der Waals surface area contributed by atoms with E-state index in [4.69, 9.17) is 0 Å². The second-order valence-electron chi connectivity index (χ2n) is 3.94. The summed E-state index contributed by atoms with van der Waals surface area (Å²) >= 11 is 0. The van der Waals surface area contributed by atoms with Crippen LogP contribution in [-0.2, 0) is 6.54 Å². The summed E-state index contributed by atoms with van der Waals surface area (Å²) in [6.07, 6.45) is 1.72. The molecule has 1 heterocycles. The van der Waals surface area contributed by atoms with Crippen LogP contribution in [0.1, 0.15) is 11.3 Å². The third-order valence-corrected chi connectivity index (χ3v) is 2.79. The molecule has 0 aliphatic carbocycles. The minimum Gasteiger partial charge on any atom is -0.316 e. The Morgan fingerprint density at radius 1 is 1.44 bits per heavy atom. The van der Waals surface area contributed by atoms with Gasteiger partial charge in [0.1, 0.15) is 5.69 Å². The molecule has 6 nitrogen and oxygen atoms in total. The molecular formula is C12H14N4O2. The number of nitrogens with one attached hydrogen (secondary N) is 1. The fourth-order valence-electron chi connectivity index (χ4n) is 1.85. The number of hydrogen-bond donors (Lipinski definition) is 1. The lowest BCUT2D eigenvalue weighted by Gasteiger charge is -2.06. The SMILES string of the molecule is CNCc1cnn(-c2ccccc2[N+](=O)[O-])c1C. The Kier molecular flexibility index (Phi) is 3.38. The van der Waals surface area contributed by atoms with Gasteiger partial charge in [-0.25, -0.2) is 4.68 Å². The zero-order chi connectivity index (χ0) is 13.1. The number of rotatable bonds is 4. The fourth-order valence-corrected chi connectivity index (χ4v) is 1.85. The van der Waals surface area contributed by atoms with Crippen molar-refractivity contribution in [1.29, 1.82) is 0 Å². The molecule has 0 bridgehead atoms. The standard InChI is InChI=1S/C12H14N4O2/c1-9-10(7-13-2)8-14-15(9)11-5-3-4-6-12(11)16(17)18/h3-6,8,13H,7H2,1-2H3. The predicted molar refractivity (Wildman–Crippen MR) is 67.7 cm³/mol. The maximum Gasteiger partial charge on any atom is 0.294 e. The quantitative estimate of drug-likeness (QED) is 0.659. The zero-order valence-corrected chi connectivity index (χ0v) is 10.3. The van der Waals surface area contributed by atoms with Gasteiger partial charge in [0.15, 0.2) is 0 Å². The first-order valence-electron chi connectivity index (χ1n) is 5.57. The van der Waals surface area contributed by atoms with E-state index in [0.717, 1.165) is 11.3 Å². The lowest BCUT2D eigenvalue weighted by Crippen LogP contribution is -2.07. The van der Waals surface area contributed by atoms with E-state index in [2.05, 4.69) is 10.4 Å². The van der Waals surface area contributed by atoms with Crippen molar-refractivity contribution in [3.8, 4) is 5.69 Å². The Balaban J connectivity index is 2.52. The van der Waals surface area contributed by atoms with Crippen molar-refractivity contribution in [2.24, 2.45) is 0 Å². The Labute approximate surface area is 104 Å². The molecule has 0 spiro atoms. The van der Waals surface area contributed by atoms with Gasteiger partial charge in [0.25, 0.3) is 5.69 Å². The number of para-hydroxylation sites is 2. The molecule has 94 valence electrons. The Hall–Kier alpha value is -2.21. The molecule has 0 fully saturated rings. The highest BCUT2D eigenvalue weighted by molar-refractivity contribution is 5.52. The number of aromatic nitrogens is 2. The minimum absolute atomic E-state index is 0.0553. The average Bonchev–Trinajstić information content (AvgIpc) is 2.72. The van der Waals surface area contributed by atoms with Gasteiger partial charge in [-0.3, -0.25) is 10.1 Å². The summed E-state index contributed by atoms with van der Waals surface area (Å²) in [7, 11) is 1.85. The van der Waals surface area contributed by atoms with E-state index in [-0.39, 0.29) is 5.69 Å². The molecule has 0 unspecified atom stereocenters. The van der Waals surface area contributed by atoms with Crippen LogP contribution in [0.25, 0.3) is 5.69 Å². The number of hydrogen-bond acceptors (Lipinski definition) is 4. The third-order valence-electron chi connectivity index (χ3n) is 2.79. The molecule has 0 aliphatic heterocycles. The van der Waals surface area contributed by atoms with Gasteiger partial charge in [0, 0.05) is 23.9 Å². The van der Waals surface area contributed by atoms with Crippen molar-refractivity contribution in [3.63, 3.8) is 0 Å². The van der Waals surface area contributed by atoms with E-state index in [1.54, 1.807) is 29.1 Å². The average molecular weight is 246 g/mol. The first-order chi connectivity index (χ1) is 8.65. The second kappa shape index (κ2) is 4.97. The smallest absolute Gasteiger partial charge is 0.294 e. The van der Waals surface area contributed by atoms with Crippen molar-refractivity contribution in [1.82, 2.24) is 15.1 Å². The number of nitrogens with zero attached hydrogens (tertiary/aromatic N) is 3. The van der Waals surface area contributed by atoms with E-state index in [9.17, 15) is 10.1 Å². The minimum atomic E-state index is -0.395. The van der Waals surface area contributed by atoms with Crippen LogP contribution in [0.5, 0.6) is 0 Å². The van der Waals surface area contributed by atoms with Crippen molar-refractivity contribution in [3.05, 3.63) is 51.8 Å². The summed E-state index contributed by atoms with van der Waals surface area (Å²) in [6.45, 7) is 2.59. The molecule has 0 saturated heterocycles. The lowest BCUT2D eigenvalue weighted by atomic mass is 10.2. The fraction of sp³-hybridized carbons (Fsp3) is 0.250. The monoisotopic (exact) mass is 246 g/mol. The molecule has 2 rings (SSSR count). The summed E-state index contributed by atoms with van der Waals surface area (Å²) < 4.78 is 1.60. The summed E-state index contributed by atoms with van der Waals surface area (Å²) in [4.78, 5) is 10.6. The first-order valence-corrected chi connectivity index (χ1v) is 5.57. The highest BCUT2D eigenvalue weighted by atomic mass is 16.6. The van der Waals surface area contributed by atoms with Gasteiger partial charge >= 0.3 is 0 Å². The van der Waals surface area contributed by atoms with Crippen LogP contribution in [-0.4, -0.2) is 21.8 Å².